The lowest BCUT2D eigenvalue weighted by atomic mass is 10.1. The van der Waals surface area contributed by atoms with Gasteiger partial charge in [0.05, 0.1) is 10.2 Å². The summed E-state index contributed by atoms with van der Waals surface area (Å²) in [5.74, 6) is -0.113. The van der Waals surface area contributed by atoms with Gasteiger partial charge in [0.15, 0.2) is 5.11 Å². The normalized spacial score (nSPS) is 17.2. The molecule has 1 aromatic rings. The van der Waals surface area contributed by atoms with Crippen LogP contribution >= 0.6 is 34.8 Å². The van der Waals surface area contributed by atoms with Crippen molar-refractivity contribution >= 4 is 57.8 Å². The number of hydrogen-bond donors (Lipinski definition) is 1. The largest absolute Gasteiger partial charge is 0.493 e. The highest BCUT2D eigenvalue weighted by molar-refractivity contribution is 14.1. The maximum absolute atomic E-state index is 12.1. The molecule has 7 heteroatoms. The average molecular weight is 416 g/mol. The number of ether oxygens (including phenoxy) is 1. The van der Waals surface area contributed by atoms with Crippen LogP contribution in [0.1, 0.15) is 12.5 Å². The van der Waals surface area contributed by atoms with Gasteiger partial charge in [-0.25, -0.2) is 0 Å². The van der Waals surface area contributed by atoms with Crippen molar-refractivity contribution < 1.29 is 14.3 Å². The second-order valence-corrected chi connectivity index (χ2v) is 5.85. The molecule has 0 bridgehead atoms. The highest BCUT2D eigenvalue weighted by atomic mass is 127. The third-order valence-electron chi connectivity index (χ3n) is 2.87. The van der Waals surface area contributed by atoms with Crippen LogP contribution in [0.4, 0.5) is 0 Å². The minimum atomic E-state index is -0.480. The number of benzene rings is 1. The number of halogens is 1. The van der Waals surface area contributed by atoms with Crippen molar-refractivity contribution in [2.75, 3.05) is 13.7 Å². The molecule has 0 spiro atoms. The highest BCUT2D eigenvalue weighted by Gasteiger charge is 2.30. The lowest BCUT2D eigenvalue weighted by molar-refractivity contribution is -0.128. The van der Waals surface area contributed by atoms with Crippen LogP contribution in [0.3, 0.4) is 0 Å². The zero-order chi connectivity index (χ0) is 15.6. The summed E-state index contributed by atoms with van der Waals surface area (Å²) >= 11 is 7.05. The van der Waals surface area contributed by atoms with E-state index < -0.39 is 11.8 Å². The van der Waals surface area contributed by atoms with Crippen molar-refractivity contribution in [1.82, 2.24) is 10.2 Å². The van der Waals surface area contributed by atoms with Crippen LogP contribution in [-0.4, -0.2) is 35.5 Å². The molecule has 2 rings (SSSR count). The highest BCUT2D eigenvalue weighted by Crippen LogP contribution is 2.24. The molecule has 1 aliphatic rings. The summed E-state index contributed by atoms with van der Waals surface area (Å²) in [5, 5.41) is 2.59. The smallest absolute Gasteiger partial charge is 0.265 e. The average Bonchev–Trinajstić information content (AvgIpc) is 2.44. The minimum absolute atomic E-state index is 0.0612. The molecule has 0 aliphatic carbocycles. The van der Waals surface area contributed by atoms with E-state index in [0.717, 1.165) is 14.9 Å². The molecule has 0 atom stereocenters. The first kappa shape index (κ1) is 15.9. The molecular formula is C14H13IN2O3S. The van der Waals surface area contributed by atoms with Gasteiger partial charge in [-0.2, -0.15) is 0 Å². The van der Waals surface area contributed by atoms with Gasteiger partial charge in [0.2, 0.25) is 0 Å². The molecular weight excluding hydrogens is 403 g/mol. The van der Waals surface area contributed by atoms with Crippen LogP contribution in [-0.2, 0) is 9.59 Å². The van der Waals surface area contributed by atoms with Gasteiger partial charge in [0.25, 0.3) is 11.8 Å². The van der Waals surface area contributed by atoms with E-state index in [1.54, 1.807) is 12.1 Å². The summed E-state index contributed by atoms with van der Waals surface area (Å²) in [6, 6.07) is 5.47. The second kappa shape index (κ2) is 6.52. The lowest BCUT2D eigenvalue weighted by Crippen LogP contribution is -2.52. The topological polar surface area (TPSA) is 58.6 Å². The quantitative estimate of drug-likeness (QED) is 0.354. The Labute approximate surface area is 141 Å². The van der Waals surface area contributed by atoms with Gasteiger partial charge >= 0.3 is 0 Å². The van der Waals surface area contributed by atoms with E-state index in [-0.39, 0.29) is 10.7 Å². The van der Waals surface area contributed by atoms with Gasteiger partial charge in [-0.3, -0.25) is 19.8 Å². The van der Waals surface area contributed by atoms with E-state index in [4.69, 9.17) is 17.0 Å². The summed E-state index contributed by atoms with van der Waals surface area (Å²) in [5.41, 5.74) is 0.814. The molecule has 110 valence electrons. The molecule has 1 aliphatic heterocycles. The number of carbonyl (C=O) groups is 2. The van der Waals surface area contributed by atoms with E-state index in [1.165, 1.54) is 11.9 Å². The molecule has 1 N–H and O–H groups in total. The molecule has 0 saturated carbocycles. The predicted molar refractivity (Wildman–Crippen MR) is 91.8 cm³/mol. The van der Waals surface area contributed by atoms with E-state index >= 15 is 0 Å². The zero-order valence-corrected chi connectivity index (χ0v) is 14.4. The fraction of sp³-hybridized carbons (Fsp3) is 0.214. The van der Waals surface area contributed by atoms with Crippen molar-refractivity contribution in [3.05, 3.63) is 32.9 Å². The summed E-state index contributed by atoms with van der Waals surface area (Å²) in [7, 11) is 1.53. The van der Waals surface area contributed by atoms with Gasteiger partial charge in [0, 0.05) is 7.05 Å². The summed E-state index contributed by atoms with van der Waals surface area (Å²) in [4.78, 5) is 25.2. The number of nitrogens with one attached hydrogen (secondary N) is 1. The van der Waals surface area contributed by atoms with Crippen molar-refractivity contribution in [2.45, 2.75) is 6.92 Å². The number of carbonyl (C=O) groups excluding carboxylic acids is 2. The van der Waals surface area contributed by atoms with Crippen molar-refractivity contribution in [3.63, 3.8) is 0 Å². The lowest BCUT2D eigenvalue weighted by Gasteiger charge is -2.25. The number of thiocarbonyl (C=S) groups is 1. The Morgan fingerprint density at radius 2 is 2.14 bits per heavy atom. The first-order valence-electron chi connectivity index (χ1n) is 6.21. The number of rotatable bonds is 3. The summed E-state index contributed by atoms with van der Waals surface area (Å²) < 4.78 is 6.37. The molecule has 21 heavy (non-hydrogen) atoms. The van der Waals surface area contributed by atoms with Gasteiger partial charge in [-0.05, 0) is 65.5 Å². The van der Waals surface area contributed by atoms with Crippen LogP contribution in [0.25, 0.3) is 6.08 Å². The van der Waals surface area contributed by atoms with Gasteiger partial charge in [-0.1, -0.05) is 6.07 Å². The first-order chi connectivity index (χ1) is 9.93. The van der Waals surface area contributed by atoms with Crippen LogP contribution in [0.2, 0.25) is 0 Å². The number of hydrogen-bond acceptors (Lipinski definition) is 4. The molecule has 0 radical (unpaired) electrons. The standard InChI is InChI=1S/C14H13IN2O3S/c1-3-20-11-5-4-8(7-10(11)15)6-9-12(18)16-14(21)17(2)13(9)19/h4-7H,3H2,1-2H3,(H,16,18,21)/b9-6+. The Kier molecular flexibility index (Phi) is 4.94. The van der Waals surface area contributed by atoms with Crippen LogP contribution in [0.5, 0.6) is 5.75 Å². The molecule has 1 heterocycles. The zero-order valence-electron chi connectivity index (χ0n) is 11.5. The third kappa shape index (κ3) is 3.41. The van der Waals surface area contributed by atoms with E-state index in [2.05, 4.69) is 27.9 Å². The van der Waals surface area contributed by atoms with Crippen LogP contribution in [0.15, 0.2) is 23.8 Å². The Hall–Kier alpha value is -1.48. The van der Waals surface area contributed by atoms with Crippen LogP contribution < -0.4 is 10.1 Å². The van der Waals surface area contributed by atoms with E-state index in [9.17, 15) is 9.59 Å². The minimum Gasteiger partial charge on any atom is -0.493 e. The Bertz CT molecular complexity index is 658. The first-order valence-corrected chi connectivity index (χ1v) is 7.70. The number of amides is 2. The molecule has 0 unspecified atom stereocenters. The summed E-state index contributed by atoms with van der Waals surface area (Å²) in [6.45, 7) is 2.50. The molecule has 5 nitrogen and oxygen atoms in total. The maximum atomic E-state index is 12.1. The second-order valence-electron chi connectivity index (χ2n) is 4.30. The van der Waals surface area contributed by atoms with E-state index in [0.29, 0.717) is 6.61 Å². The van der Waals surface area contributed by atoms with Crippen LogP contribution in [0, 0.1) is 3.57 Å². The number of likely N-dealkylation sites (N-methyl/N-ethyl adjacent to an activating group) is 1. The molecule has 0 aromatic heterocycles. The maximum Gasteiger partial charge on any atom is 0.265 e. The van der Waals surface area contributed by atoms with Gasteiger partial charge < -0.3 is 4.74 Å². The molecule has 2 amide bonds. The van der Waals surface area contributed by atoms with Crippen molar-refractivity contribution in [1.29, 1.82) is 0 Å². The van der Waals surface area contributed by atoms with Crippen molar-refractivity contribution in [3.8, 4) is 5.75 Å². The summed E-state index contributed by atoms with van der Waals surface area (Å²) in [6.07, 6.45) is 1.55. The predicted octanol–water partition coefficient (Wildman–Crippen LogP) is 1.95. The monoisotopic (exact) mass is 416 g/mol. The van der Waals surface area contributed by atoms with Gasteiger partial charge in [0.1, 0.15) is 11.3 Å². The van der Waals surface area contributed by atoms with Crippen molar-refractivity contribution in [2.24, 2.45) is 0 Å². The molecule has 1 fully saturated rings. The Balaban J connectivity index is 2.34. The Morgan fingerprint density at radius 3 is 2.76 bits per heavy atom. The van der Waals surface area contributed by atoms with E-state index in [1.807, 2.05) is 19.1 Å². The SMILES string of the molecule is CCOc1ccc(/C=C2\C(=O)NC(=S)N(C)C2=O)cc1I. The third-order valence-corrected chi connectivity index (χ3v) is 4.09. The number of nitrogens with zero attached hydrogens (tertiary/aromatic N) is 1. The van der Waals surface area contributed by atoms with Gasteiger partial charge in [-0.15, -0.1) is 0 Å². The fourth-order valence-corrected chi connectivity index (χ4v) is 2.66. The molecule has 1 aromatic carbocycles. The Morgan fingerprint density at radius 1 is 1.43 bits per heavy atom. The fourth-order valence-electron chi connectivity index (χ4n) is 1.79. The molecule has 1 saturated heterocycles.